The topological polar surface area (TPSA) is 58.6 Å². The molecule has 3 aromatic carbocycles. The van der Waals surface area contributed by atoms with Gasteiger partial charge in [-0.15, -0.1) is 0 Å². The number of aromatic hydroxyl groups is 1. The van der Waals surface area contributed by atoms with Gasteiger partial charge >= 0.3 is 0 Å². The van der Waals surface area contributed by atoms with Crippen molar-refractivity contribution in [3.8, 4) is 11.5 Å². The van der Waals surface area contributed by atoms with Gasteiger partial charge in [0.2, 0.25) is 0 Å². The summed E-state index contributed by atoms with van der Waals surface area (Å²) in [5, 5.41) is 12.7. The molecule has 3 rings (SSSR count). The van der Waals surface area contributed by atoms with Gasteiger partial charge in [0.15, 0.2) is 0 Å². The summed E-state index contributed by atoms with van der Waals surface area (Å²) in [6.45, 7) is 2.43. The van der Waals surface area contributed by atoms with E-state index in [0.29, 0.717) is 12.3 Å². The highest BCUT2D eigenvalue weighted by Gasteiger charge is 2.11. The highest BCUT2D eigenvalue weighted by Crippen LogP contribution is 2.20. The highest BCUT2D eigenvalue weighted by atomic mass is 16.5. The highest BCUT2D eigenvalue weighted by molar-refractivity contribution is 6.06. The monoisotopic (exact) mass is 347 g/mol. The van der Waals surface area contributed by atoms with Crippen molar-refractivity contribution in [2.75, 3.05) is 11.9 Å². The molecular formula is C22H21NO3. The van der Waals surface area contributed by atoms with Crippen LogP contribution in [0.4, 0.5) is 5.69 Å². The number of hydrogen-bond acceptors (Lipinski definition) is 3. The van der Waals surface area contributed by atoms with Gasteiger partial charge in [-0.05, 0) is 48.9 Å². The molecule has 0 spiro atoms. The molecule has 4 nitrogen and oxygen atoms in total. The number of phenolic OH excluding ortho intramolecular Hbond substituents is 1. The minimum atomic E-state index is -0.330. The van der Waals surface area contributed by atoms with E-state index < -0.39 is 0 Å². The first-order valence-electron chi connectivity index (χ1n) is 8.49. The molecule has 0 atom stereocenters. The number of ether oxygens (including phenoxy) is 1. The Labute approximate surface area is 153 Å². The Morgan fingerprint density at radius 3 is 2.62 bits per heavy atom. The maximum absolute atomic E-state index is 12.4. The number of carbonyl (C=O) groups is 1. The van der Waals surface area contributed by atoms with Crippen molar-refractivity contribution in [2.24, 2.45) is 0 Å². The second-order valence-corrected chi connectivity index (χ2v) is 6.09. The van der Waals surface area contributed by atoms with Crippen molar-refractivity contribution < 1.29 is 14.6 Å². The molecule has 4 heteroatoms. The molecular weight excluding hydrogens is 326 g/mol. The van der Waals surface area contributed by atoms with Crippen LogP contribution in [0.15, 0.2) is 72.8 Å². The zero-order valence-corrected chi connectivity index (χ0v) is 14.6. The van der Waals surface area contributed by atoms with Gasteiger partial charge in [-0.2, -0.15) is 0 Å². The van der Waals surface area contributed by atoms with Gasteiger partial charge in [0, 0.05) is 12.1 Å². The van der Waals surface area contributed by atoms with Crippen LogP contribution < -0.4 is 10.1 Å². The lowest BCUT2D eigenvalue weighted by Crippen LogP contribution is -2.12. The number of carbonyl (C=O) groups excluding carboxylic acids is 1. The van der Waals surface area contributed by atoms with Crippen LogP contribution in [0.1, 0.15) is 21.5 Å². The summed E-state index contributed by atoms with van der Waals surface area (Å²) in [6, 6.07) is 22.3. The summed E-state index contributed by atoms with van der Waals surface area (Å²) < 4.78 is 5.71. The Morgan fingerprint density at radius 1 is 1.00 bits per heavy atom. The zero-order chi connectivity index (χ0) is 18.4. The van der Waals surface area contributed by atoms with E-state index in [1.807, 2.05) is 61.5 Å². The predicted octanol–water partition coefficient (Wildman–Crippen LogP) is 4.57. The minimum Gasteiger partial charge on any atom is -0.507 e. The molecule has 0 bridgehead atoms. The van der Waals surface area contributed by atoms with Gasteiger partial charge in [-0.25, -0.2) is 0 Å². The SMILES string of the molecule is Cc1ccc(O)c(C(=O)Nc2cccc(CCOc3ccccc3)c2)c1. The third-order valence-electron chi connectivity index (χ3n) is 3.98. The third-order valence-corrected chi connectivity index (χ3v) is 3.98. The summed E-state index contributed by atoms with van der Waals surface area (Å²) in [6.07, 6.45) is 0.730. The first-order valence-corrected chi connectivity index (χ1v) is 8.49. The van der Waals surface area contributed by atoms with Crippen molar-refractivity contribution in [3.63, 3.8) is 0 Å². The quantitative estimate of drug-likeness (QED) is 0.686. The zero-order valence-electron chi connectivity index (χ0n) is 14.6. The number of para-hydroxylation sites is 1. The van der Waals surface area contributed by atoms with E-state index in [9.17, 15) is 9.90 Å². The smallest absolute Gasteiger partial charge is 0.259 e. The van der Waals surface area contributed by atoms with Crippen molar-refractivity contribution in [1.29, 1.82) is 0 Å². The van der Waals surface area contributed by atoms with E-state index in [0.717, 1.165) is 23.3 Å². The lowest BCUT2D eigenvalue weighted by Gasteiger charge is -2.10. The van der Waals surface area contributed by atoms with Gasteiger partial charge < -0.3 is 15.2 Å². The Hall–Kier alpha value is -3.27. The normalized spacial score (nSPS) is 10.3. The van der Waals surface area contributed by atoms with Crippen LogP contribution >= 0.6 is 0 Å². The summed E-state index contributed by atoms with van der Waals surface area (Å²) in [5.41, 5.74) is 2.93. The Morgan fingerprint density at radius 2 is 1.81 bits per heavy atom. The van der Waals surface area contributed by atoms with Crippen LogP contribution in [0.5, 0.6) is 11.5 Å². The number of hydrogen-bond donors (Lipinski definition) is 2. The van der Waals surface area contributed by atoms with E-state index >= 15 is 0 Å². The number of rotatable bonds is 6. The molecule has 0 heterocycles. The summed E-state index contributed by atoms with van der Waals surface area (Å²) >= 11 is 0. The second kappa shape index (κ2) is 8.21. The van der Waals surface area contributed by atoms with Crippen LogP contribution in [-0.2, 0) is 6.42 Å². The first-order chi connectivity index (χ1) is 12.6. The maximum Gasteiger partial charge on any atom is 0.259 e. The van der Waals surface area contributed by atoms with E-state index in [1.165, 1.54) is 6.07 Å². The van der Waals surface area contributed by atoms with E-state index in [4.69, 9.17) is 4.74 Å². The number of nitrogens with one attached hydrogen (secondary N) is 1. The van der Waals surface area contributed by atoms with Crippen LogP contribution in [-0.4, -0.2) is 17.6 Å². The summed E-state index contributed by atoms with van der Waals surface area (Å²) in [5.74, 6) is 0.483. The number of benzene rings is 3. The van der Waals surface area contributed by atoms with Gasteiger partial charge in [-0.3, -0.25) is 4.79 Å². The fourth-order valence-corrected chi connectivity index (χ4v) is 2.64. The molecule has 0 aromatic heterocycles. The standard InChI is InChI=1S/C22H21NO3/c1-16-10-11-21(24)20(14-16)22(25)23-18-7-5-6-17(15-18)12-13-26-19-8-3-2-4-9-19/h2-11,14-15,24H,12-13H2,1H3,(H,23,25). The number of phenols is 1. The fourth-order valence-electron chi connectivity index (χ4n) is 2.64. The molecule has 3 aromatic rings. The molecule has 0 saturated heterocycles. The molecule has 132 valence electrons. The van der Waals surface area contributed by atoms with E-state index in [2.05, 4.69) is 5.32 Å². The molecule has 0 aliphatic rings. The summed E-state index contributed by atoms with van der Waals surface area (Å²) in [4.78, 5) is 12.4. The Kier molecular flexibility index (Phi) is 5.54. The largest absolute Gasteiger partial charge is 0.507 e. The first kappa shape index (κ1) is 17.5. The average molecular weight is 347 g/mol. The molecule has 1 amide bonds. The molecule has 0 aliphatic carbocycles. The Bertz CT molecular complexity index is 891. The molecule has 0 unspecified atom stereocenters. The van der Waals surface area contributed by atoms with Gasteiger partial charge in [0.25, 0.3) is 5.91 Å². The second-order valence-electron chi connectivity index (χ2n) is 6.09. The third kappa shape index (κ3) is 4.63. The maximum atomic E-state index is 12.4. The fraction of sp³-hybridized carbons (Fsp3) is 0.136. The predicted molar refractivity (Wildman–Crippen MR) is 103 cm³/mol. The van der Waals surface area contributed by atoms with Gasteiger partial charge in [0.1, 0.15) is 11.5 Å². The average Bonchev–Trinajstić information content (AvgIpc) is 2.65. The summed E-state index contributed by atoms with van der Waals surface area (Å²) in [7, 11) is 0. The van der Waals surface area contributed by atoms with Crippen molar-refractivity contribution in [2.45, 2.75) is 13.3 Å². The van der Waals surface area contributed by atoms with Crippen molar-refractivity contribution in [1.82, 2.24) is 0 Å². The minimum absolute atomic E-state index is 0.0273. The van der Waals surface area contributed by atoms with Crippen LogP contribution in [0.25, 0.3) is 0 Å². The number of anilines is 1. The number of amides is 1. The Balaban J connectivity index is 1.62. The molecule has 0 saturated carbocycles. The van der Waals surface area contributed by atoms with Crippen LogP contribution in [0.2, 0.25) is 0 Å². The van der Waals surface area contributed by atoms with E-state index in [-0.39, 0.29) is 17.2 Å². The van der Waals surface area contributed by atoms with Crippen molar-refractivity contribution in [3.05, 3.63) is 89.5 Å². The van der Waals surface area contributed by atoms with Crippen LogP contribution in [0, 0.1) is 6.92 Å². The van der Waals surface area contributed by atoms with Gasteiger partial charge in [0.05, 0.1) is 12.2 Å². The molecule has 0 fully saturated rings. The number of aryl methyl sites for hydroxylation is 1. The lowest BCUT2D eigenvalue weighted by atomic mass is 10.1. The molecule has 0 aliphatic heterocycles. The molecule has 2 N–H and O–H groups in total. The van der Waals surface area contributed by atoms with Crippen molar-refractivity contribution >= 4 is 11.6 Å². The molecule has 26 heavy (non-hydrogen) atoms. The van der Waals surface area contributed by atoms with E-state index in [1.54, 1.807) is 12.1 Å². The van der Waals surface area contributed by atoms with Gasteiger partial charge in [-0.1, -0.05) is 42.0 Å². The lowest BCUT2D eigenvalue weighted by molar-refractivity contribution is 0.102. The molecule has 0 radical (unpaired) electrons. The van der Waals surface area contributed by atoms with Crippen LogP contribution in [0.3, 0.4) is 0 Å².